The van der Waals surface area contributed by atoms with Crippen molar-refractivity contribution in [1.29, 1.82) is 0 Å². The van der Waals surface area contributed by atoms with Gasteiger partial charge in [-0.25, -0.2) is 19.2 Å². The minimum absolute atomic E-state index is 0. The number of aromatic carboxylic acids is 2. The quantitative estimate of drug-likeness (QED) is 0.422. The number of carbonyl (C=O) groups excluding carboxylic acids is 2. The highest BCUT2D eigenvalue weighted by Gasteiger charge is 2.15. The second-order valence-corrected chi connectivity index (χ2v) is 7.07. The van der Waals surface area contributed by atoms with Crippen LogP contribution >= 0.6 is 0 Å². The highest BCUT2D eigenvalue weighted by Crippen LogP contribution is 2.13. The molecule has 0 saturated carbocycles. The lowest BCUT2D eigenvalue weighted by atomic mass is 10.1. The van der Waals surface area contributed by atoms with Crippen LogP contribution in [0.15, 0.2) is 36.4 Å². The van der Waals surface area contributed by atoms with Crippen molar-refractivity contribution in [2.75, 3.05) is 27.4 Å². The lowest BCUT2D eigenvalue weighted by Gasteiger charge is -2.05. The average Bonchev–Trinajstić information content (AvgIpc) is 3.47. The van der Waals surface area contributed by atoms with Crippen molar-refractivity contribution in [3.8, 4) is 0 Å². The molecule has 1 heterocycles. The van der Waals surface area contributed by atoms with Gasteiger partial charge in [-0.05, 0) is 54.3 Å². The third-order valence-electron chi connectivity index (χ3n) is 4.51. The standard InChI is InChI=1S/C10H8O6.C10H12O4.C4H8O.CH4/c1-16-10(15)7-3-5(8(11)12)2-6(4-7)9(13)14;1-14-10(13)9-3-7(5-11)2-8(4-9)6-12;1-2-4-5-3-1;/h2-4H,1H3,(H,11,12)(H,13,14);2-4,11-12H,5-6H2,1H3;1-4H2;1H4. The van der Waals surface area contributed by atoms with Crippen molar-refractivity contribution in [2.45, 2.75) is 33.5 Å². The molecule has 0 aromatic heterocycles. The van der Waals surface area contributed by atoms with Crippen molar-refractivity contribution in [3.05, 3.63) is 69.8 Å². The second kappa shape index (κ2) is 16.8. The van der Waals surface area contributed by atoms with Crippen LogP contribution in [0.4, 0.5) is 0 Å². The number of carboxylic acids is 2. The van der Waals surface area contributed by atoms with E-state index in [-0.39, 0.29) is 37.3 Å². The van der Waals surface area contributed by atoms with Crippen molar-refractivity contribution in [1.82, 2.24) is 0 Å². The van der Waals surface area contributed by atoms with E-state index in [9.17, 15) is 19.2 Å². The molecule has 1 saturated heterocycles. The van der Waals surface area contributed by atoms with Gasteiger partial charge < -0.3 is 34.6 Å². The molecular formula is C25H32O11. The molecule has 4 N–H and O–H groups in total. The van der Waals surface area contributed by atoms with Gasteiger partial charge in [0.05, 0.1) is 49.7 Å². The van der Waals surface area contributed by atoms with Crippen LogP contribution in [0.1, 0.15) is 72.8 Å². The molecule has 0 bridgehead atoms. The zero-order valence-electron chi connectivity index (χ0n) is 19.4. The summed E-state index contributed by atoms with van der Waals surface area (Å²) in [6.45, 7) is 1.66. The number of hydrogen-bond acceptors (Lipinski definition) is 9. The molecule has 3 rings (SSSR count). The van der Waals surface area contributed by atoms with Crippen LogP contribution in [0.2, 0.25) is 0 Å². The molecular weight excluding hydrogens is 476 g/mol. The third-order valence-corrected chi connectivity index (χ3v) is 4.51. The van der Waals surface area contributed by atoms with Crippen LogP contribution in [0.25, 0.3) is 0 Å². The molecule has 0 radical (unpaired) electrons. The lowest BCUT2D eigenvalue weighted by Crippen LogP contribution is -2.08. The van der Waals surface area contributed by atoms with Gasteiger partial charge in [0.25, 0.3) is 0 Å². The Labute approximate surface area is 208 Å². The number of hydrogen-bond donors (Lipinski definition) is 4. The third kappa shape index (κ3) is 10.6. The Morgan fingerprint density at radius 2 is 1.06 bits per heavy atom. The molecule has 0 atom stereocenters. The van der Waals surface area contributed by atoms with Crippen molar-refractivity contribution < 1.29 is 53.8 Å². The van der Waals surface area contributed by atoms with E-state index in [0.29, 0.717) is 16.7 Å². The van der Waals surface area contributed by atoms with Gasteiger partial charge in [-0.1, -0.05) is 13.5 Å². The molecule has 0 unspecified atom stereocenters. The van der Waals surface area contributed by atoms with Crippen LogP contribution in [0.5, 0.6) is 0 Å². The zero-order valence-corrected chi connectivity index (χ0v) is 19.4. The highest BCUT2D eigenvalue weighted by atomic mass is 16.5. The Kier molecular flexibility index (Phi) is 15.0. The molecule has 36 heavy (non-hydrogen) atoms. The smallest absolute Gasteiger partial charge is 0.337 e. The summed E-state index contributed by atoms with van der Waals surface area (Å²) in [5, 5.41) is 35.3. The van der Waals surface area contributed by atoms with Gasteiger partial charge in [0.15, 0.2) is 0 Å². The molecule has 1 aliphatic rings. The molecule has 0 aliphatic carbocycles. The summed E-state index contributed by atoms with van der Waals surface area (Å²) in [4.78, 5) is 43.7. The van der Waals surface area contributed by atoms with Gasteiger partial charge >= 0.3 is 23.9 Å². The summed E-state index contributed by atoms with van der Waals surface area (Å²) >= 11 is 0. The summed E-state index contributed by atoms with van der Waals surface area (Å²) < 4.78 is 13.9. The Balaban J connectivity index is 0.000000559. The topological polar surface area (TPSA) is 177 Å². The molecule has 0 spiro atoms. The Bertz CT molecular complexity index is 965. The summed E-state index contributed by atoms with van der Waals surface area (Å²) in [6, 6.07) is 7.78. The van der Waals surface area contributed by atoms with Crippen LogP contribution in [0.3, 0.4) is 0 Å². The van der Waals surface area contributed by atoms with Crippen LogP contribution in [-0.2, 0) is 27.4 Å². The summed E-state index contributed by atoms with van der Waals surface area (Å²) in [7, 11) is 2.41. The molecule has 11 nitrogen and oxygen atoms in total. The van der Waals surface area contributed by atoms with E-state index in [2.05, 4.69) is 9.47 Å². The molecule has 2 aromatic carbocycles. The zero-order chi connectivity index (χ0) is 26.4. The lowest BCUT2D eigenvalue weighted by molar-refractivity contribution is 0.0590. The molecule has 11 heteroatoms. The van der Waals surface area contributed by atoms with Crippen molar-refractivity contribution in [3.63, 3.8) is 0 Å². The van der Waals surface area contributed by atoms with Gasteiger partial charge in [0.1, 0.15) is 0 Å². The predicted octanol–water partition coefficient (Wildman–Crippen LogP) is 2.76. The minimum Gasteiger partial charge on any atom is -0.478 e. The predicted molar refractivity (Wildman–Crippen MR) is 128 cm³/mol. The molecule has 0 amide bonds. The maximum atomic E-state index is 11.2. The molecule has 198 valence electrons. The number of benzene rings is 2. The van der Waals surface area contributed by atoms with Gasteiger partial charge in [0.2, 0.25) is 0 Å². The summed E-state index contributed by atoms with van der Waals surface area (Å²) in [5.74, 6) is -3.89. The average molecular weight is 509 g/mol. The fourth-order valence-corrected chi connectivity index (χ4v) is 2.80. The second-order valence-electron chi connectivity index (χ2n) is 7.07. The first-order valence-electron chi connectivity index (χ1n) is 10.4. The number of aliphatic hydroxyl groups is 2. The number of aliphatic hydroxyl groups excluding tert-OH is 2. The Hall–Kier alpha value is -3.80. The van der Waals surface area contributed by atoms with Gasteiger partial charge in [-0.15, -0.1) is 0 Å². The Morgan fingerprint density at radius 1 is 0.694 bits per heavy atom. The monoisotopic (exact) mass is 508 g/mol. The number of esters is 2. The number of ether oxygens (including phenoxy) is 3. The first-order chi connectivity index (χ1) is 16.7. The van der Waals surface area contributed by atoms with Gasteiger partial charge in [0, 0.05) is 13.2 Å². The summed E-state index contributed by atoms with van der Waals surface area (Å²) in [5.41, 5.74) is 0.831. The molecule has 1 aliphatic heterocycles. The SMILES string of the molecule is C.C1CCOC1.COC(=O)c1cc(C(=O)O)cc(C(=O)O)c1.COC(=O)c1cc(CO)cc(CO)c1. The minimum atomic E-state index is -1.31. The van der Waals surface area contributed by atoms with Gasteiger partial charge in [-0.3, -0.25) is 0 Å². The number of methoxy groups -OCH3 is 2. The summed E-state index contributed by atoms with van der Waals surface area (Å²) in [6.07, 6.45) is 2.56. The van der Waals surface area contributed by atoms with Crippen LogP contribution < -0.4 is 0 Å². The van der Waals surface area contributed by atoms with E-state index in [4.69, 9.17) is 25.2 Å². The van der Waals surface area contributed by atoms with Crippen LogP contribution in [-0.4, -0.2) is 71.7 Å². The number of rotatable bonds is 6. The van der Waals surface area contributed by atoms with Crippen LogP contribution in [0, 0.1) is 0 Å². The largest absolute Gasteiger partial charge is 0.478 e. The first kappa shape index (κ1) is 32.2. The van der Waals surface area contributed by atoms with E-state index in [1.807, 2.05) is 0 Å². The van der Waals surface area contributed by atoms with Crippen molar-refractivity contribution >= 4 is 23.9 Å². The molecule has 1 fully saturated rings. The maximum absolute atomic E-state index is 11.2. The first-order valence-corrected chi connectivity index (χ1v) is 10.4. The van der Waals surface area contributed by atoms with E-state index in [0.717, 1.165) is 38.5 Å². The van der Waals surface area contributed by atoms with Gasteiger partial charge in [-0.2, -0.15) is 0 Å². The normalized spacial score (nSPS) is 11.4. The highest BCUT2D eigenvalue weighted by molar-refractivity contribution is 5.99. The van der Waals surface area contributed by atoms with E-state index >= 15 is 0 Å². The molecule has 2 aromatic rings. The number of carboxylic acid groups (broad SMARTS) is 2. The Morgan fingerprint density at radius 3 is 1.33 bits per heavy atom. The van der Waals surface area contributed by atoms with E-state index < -0.39 is 23.9 Å². The number of carbonyl (C=O) groups is 4. The van der Waals surface area contributed by atoms with Crippen molar-refractivity contribution in [2.24, 2.45) is 0 Å². The fourth-order valence-electron chi connectivity index (χ4n) is 2.80. The maximum Gasteiger partial charge on any atom is 0.337 e. The van der Waals surface area contributed by atoms with E-state index in [1.165, 1.54) is 32.1 Å². The fraction of sp³-hybridized carbons (Fsp3) is 0.360. The van der Waals surface area contributed by atoms with E-state index in [1.54, 1.807) is 6.07 Å².